The second-order valence-corrected chi connectivity index (χ2v) is 51.9. The van der Waals surface area contributed by atoms with Gasteiger partial charge in [0, 0.05) is 166 Å². The van der Waals surface area contributed by atoms with E-state index in [0.29, 0.717) is 23.7 Å². The smallest absolute Gasteiger partial charge is 0.322 e. The van der Waals surface area contributed by atoms with Gasteiger partial charge in [-0.3, -0.25) is 44.3 Å². The average molecular weight is 2030 g/mol. The van der Waals surface area contributed by atoms with Crippen LogP contribution in [0.4, 0.5) is 29.0 Å². The van der Waals surface area contributed by atoms with E-state index < -0.39 is 9.84 Å². The summed E-state index contributed by atoms with van der Waals surface area (Å²) in [7, 11) is 3.80. The first-order valence-electron chi connectivity index (χ1n) is 49.6. The Morgan fingerprint density at radius 2 is 0.909 bits per heavy atom. The van der Waals surface area contributed by atoms with E-state index in [0.717, 1.165) is 80.6 Å². The number of ketones is 4. The van der Waals surface area contributed by atoms with E-state index in [4.69, 9.17) is 0 Å². The largest absolute Gasteiger partial charge is 0.468 e. The number of Topliss-reactive ketones (excluding diaryl/α,β-unsaturated/α-hetero) is 4. The topological polar surface area (TPSA) is 452 Å². The monoisotopic (exact) mass is 2030 g/mol. The molecule has 7 aromatic rings. The number of H-pyrrole nitrogens is 4. The Kier molecular flexibility index (Phi) is 61.9. The summed E-state index contributed by atoms with van der Waals surface area (Å²) in [5.41, 5.74) is 6.08. The van der Waals surface area contributed by atoms with E-state index in [1.807, 2.05) is 125 Å². The van der Waals surface area contributed by atoms with Gasteiger partial charge in [-0.25, -0.2) is 33.5 Å². The van der Waals surface area contributed by atoms with Crippen LogP contribution in [-0.2, 0) is 58.6 Å². The molecule has 2 unspecified atom stereocenters. The summed E-state index contributed by atoms with van der Waals surface area (Å²) in [5, 5.41) is 58.5. The first kappa shape index (κ1) is 140. The average Bonchev–Trinajstić information content (AvgIpc) is 1.75. The number of hydrogen-bond donors (Lipinski definition) is 16. The van der Waals surface area contributed by atoms with Crippen LogP contribution in [0.1, 0.15) is 358 Å². The number of methoxy groups -OCH3 is 1. The van der Waals surface area contributed by atoms with Crippen LogP contribution in [0.2, 0.25) is 0 Å². The van der Waals surface area contributed by atoms with E-state index in [1.165, 1.54) is 43.0 Å². The Balaban J connectivity index is -0.000000738. The van der Waals surface area contributed by atoms with Gasteiger partial charge in [0.2, 0.25) is 11.9 Å². The molecule has 822 valence electrons. The van der Waals surface area contributed by atoms with Gasteiger partial charge in [-0.1, -0.05) is 39.0 Å². The van der Waals surface area contributed by atoms with Gasteiger partial charge >= 0.3 is 5.97 Å². The maximum absolute atomic E-state index is 11.5. The van der Waals surface area contributed by atoms with Gasteiger partial charge in [0.15, 0.2) is 27.4 Å². The standard InChI is InChI=1S/C12H17NO.C11H17N.C10H19NO3S.C10H19NO.C10H21NO.C9H20N2O.C9H16N2.C8H16N4.C8H17NO2.C7H14N4.C7H13N3.C6H12N4.CH4/c1-9(14)10-5-7-11(8-6-10)13-12(2,3)4;1-9-5-7-10(8-6-9)12-11(2,3)4;1-10(2,3)11-6-8(12)7-15(13,14)9-4-5-9;1-7(12)8-5-9(6-8)11-10(2,3)4;1-8(12)10(5,6)7-11-9(2,3)4;1-7(8(12)11(5)6)10-9(2,3)4;1-9(2,3)10-8-5-6-11(4)7-8;1-8(2,3)10-5-4-7-9-6-11-12-7;1-6(7(10)11-5)9-8(2,3)4;1-7(2,3)9-4-6-8-5-10-11-6;1-7(2,3)10-6-8-4-5-9-6;1-6(2,3)9-5-7-4-8-10-5;/h5-8,13H,1-4H3;5-8,12H,1-4H3;9,11H,4-7H2,1-3H3;8-9,11H,5-6H2,1-4H3;11H,7H2,1-6H3;7,10H,1-6H3;5-7,10H,1-4H3;6,10H,4-5H2,1-3H3,(H,9,11,12);6,9H,1-5H3;5,9H,4H2,1-3H3,(H,8,10,11);4-5H,1-3H3,(H2,8,9,10);4H,1-3H3,(H2,7,8,9,10);1H4. The molecule has 9 rings (SSSR count). The van der Waals surface area contributed by atoms with Crippen LogP contribution >= 0.6 is 0 Å². The zero-order valence-electron chi connectivity index (χ0n) is 97.3. The molecule has 0 bridgehead atoms. The Bertz CT molecular complexity index is 4620. The van der Waals surface area contributed by atoms with Crippen molar-refractivity contribution in [1.29, 1.82) is 0 Å². The zero-order chi connectivity index (χ0) is 111. The van der Waals surface area contributed by atoms with Crippen LogP contribution in [-0.4, -0.2) is 245 Å². The van der Waals surface area contributed by atoms with Gasteiger partial charge in [0.25, 0.3) is 0 Å². The third-order valence-corrected chi connectivity index (χ3v) is 20.8. The van der Waals surface area contributed by atoms with Crippen LogP contribution in [0, 0.1) is 18.3 Å². The van der Waals surface area contributed by atoms with E-state index in [-0.39, 0.29) is 138 Å². The summed E-state index contributed by atoms with van der Waals surface area (Å²) < 4.78 is 29.6. The van der Waals surface area contributed by atoms with Crippen LogP contribution in [0.15, 0.2) is 98.4 Å². The predicted octanol–water partition coefficient (Wildman–Crippen LogP) is 19.3. The predicted molar refractivity (Wildman–Crippen MR) is 600 cm³/mol. The van der Waals surface area contributed by atoms with Crippen LogP contribution in [0.25, 0.3) is 0 Å². The molecule has 0 spiro atoms. The van der Waals surface area contributed by atoms with E-state index in [1.54, 1.807) is 59.1 Å². The van der Waals surface area contributed by atoms with Crippen molar-refractivity contribution in [2.75, 3.05) is 73.2 Å². The number of anilines is 5. The number of rotatable bonds is 25. The second kappa shape index (κ2) is 63.2. The molecule has 2 aliphatic rings. The molecule has 143 heavy (non-hydrogen) atoms. The number of esters is 1. The maximum Gasteiger partial charge on any atom is 0.322 e. The fourth-order valence-electron chi connectivity index (χ4n) is 11.6. The Morgan fingerprint density at radius 3 is 1.25 bits per heavy atom. The SMILES string of the molecule is C.CC(=O)C(C)(C)CNC(C)(C)C.CC(=O)C1CC(NC(C)(C)C)C1.CC(=O)c1ccc(NC(C)(C)C)cc1.CC(C)(C)NCC(=O)CS(=O)(=O)C1CC1.CC(C)(C)NCCc1ncn[nH]1.CC(C)(C)NCc1ncn[nH]1.CC(C)(C)Nc1ncc[nH]1.CC(C)(C)Nc1ncn[nH]1.CC(NC(C)(C)C)C(=O)N(C)C.COC(=O)C(C)NC(C)(C)C.Cc1ccc(NC(C)(C)C)cc1.Cn1ccc(NC(C)(C)C)c1. The number of nitrogens with zero attached hydrogens (tertiary/aromatic N) is 9. The lowest BCUT2D eigenvalue weighted by Crippen LogP contribution is -2.51. The van der Waals surface area contributed by atoms with E-state index in [9.17, 15) is 37.2 Å². The van der Waals surface area contributed by atoms with Gasteiger partial charge in [-0.15, -0.1) is 0 Å². The van der Waals surface area contributed by atoms with Crippen LogP contribution in [0.5, 0.6) is 0 Å². The number of ether oxygens (including phenoxy) is 1. The lowest BCUT2D eigenvalue weighted by atomic mass is 9.77. The highest BCUT2D eigenvalue weighted by atomic mass is 32.2. The molecule has 16 N–H and O–H groups in total. The number of aryl methyl sites for hydroxylation is 2. The van der Waals surface area contributed by atoms with Crippen molar-refractivity contribution in [3.63, 3.8) is 0 Å². The van der Waals surface area contributed by atoms with Crippen molar-refractivity contribution >= 4 is 73.8 Å². The third-order valence-electron chi connectivity index (χ3n) is 18.6. The van der Waals surface area contributed by atoms with Gasteiger partial charge in [0.05, 0.1) is 37.2 Å². The summed E-state index contributed by atoms with van der Waals surface area (Å²) >= 11 is 0. The molecule has 34 nitrogen and oxygen atoms in total. The molecule has 0 aliphatic heterocycles. The van der Waals surface area contributed by atoms with Crippen LogP contribution in [0.3, 0.4) is 0 Å². The minimum absolute atomic E-state index is 0. The number of benzene rings is 2. The maximum atomic E-state index is 11.5. The summed E-state index contributed by atoms with van der Waals surface area (Å²) in [4.78, 5) is 87.3. The van der Waals surface area contributed by atoms with Gasteiger partial charge in [0.1, 0.15) is 54.0 Å². The fraction of sp³-hybridized carbons (Fsp3) is 0.713. The molecule has 2 saturated carbocycles. The molecule has 0 radical (unpaired) electrons. The normalized spacial score (nSPS) is 14.2. The van der Waals surface area contributed by atoms with E-state index in [2.05, 4.69) is 354 Å². The quantitative estimate of drug-likeness (QED) is 0.0187. The number of amides is 1. The molecule has 2 fully saturated rings. The molecule has 1 amide bonds. The Morgan fingerprint density at radius 1 is 0.490 bits per heavy atom. The minimum Gasteiger partial charge on any atom is -0.468 e. The van der Waals surface area contributed by atoms with Crippen molar-refractivity contribution in [2.24, 2.45) is 18.4 Å². The van der Waals surface area contributed by atoms with Crippen molar-refractivity contribution in [2.45, 2.75) is 441 Å². The number of sulfone groups is 1. The van der Waals surface area contributed by atoms with Crippen LogP contribution < -0.4 is 63.8 Å². The zero-order valence-corrected chi connectivity index (χ0v) is 98.1. The number of hydrogen-bond acceptors (Lipinski definition) is 28. The number of aromatic nitrogens is 12. The molecule has 2 atom stereocenters. The number of imidazole rings is 1. The van der Waals surface area contributed by atoms with Crippen molar-refractivity contribution in [3.8, 4) is 0 Å². The number of aromatic amines is 4. The number of carbonyl (C=O) groups is 6. The molecule has 2 aliphatic carbocycles. The molecule has 0 saturated heterocycles. The summed E-state index contributed by atoms with van der Waals surface area (Å²) in [6, 6.07) is 18.3. The van der Waals surface area contributed by atoms with Gasteiger partial charge in [-0.2, -0.15) is 15.3 Å². The molecular weight excluding hydrogens is 1820 g/mol. The Labute approximate surface area is 866 Å². The van der Waals surface area contributed by atoms with Crippen molar-refractivity contribution in [3.05, 3.63) is 121 Å². The Hall–Kier alpha value is -9.36. The first-order valence-corrected chi connectivity index (χ1v) is 51.3. The number of carbonyl (C=O) groups excluding carboxylic acids is 6. The summed E-state index contributed by atoms with van der Waals surface area (Å²) in [6.45, 7) is 92.4. The summed E-state index contributed by atoms with van der Waals surface area (Å²) in [5.74, 6) is 3.73. The first-order chi connectivity index (χ1) is 64.0. The van der Waals surface area contributed by atoms with Crippen molar-refractivity contribution < 1.29 is 41.9 Å². The fourth-order valence-corrected chi connectivity index (χ4v) is 13.3. The number of nitrogens with one attached hydrogen (secondary N) is 16. The number of likely N-dealkylation sites (N-methyl/N-ethyl adjacent to an activating group) is 1. The molecule has 2 aromatic carbocycles. The molecule has 5 aromatic heterocycles. The highest BCUT2D eigenvalue weighted by molar-refractivity contribution is 7.93. The highest BCUT2D eigenvalue weighted by Gasteiger charge is 2.37. The second-order valence-electron chi connectivity index (χ2n) is 49.7. The van der Waals surface area contributed by atoms with E-state index >= 15 is 0 Å². The van der Waals surface area contributed by atoms with Gasteiger partial charge < -0.3 is 77.7 Å². The molecule has 5 heterocycles. The molecule has 35 heteroatoms. The lowest BCUT2D eigenvalue weighted by molar-refractivity contribution is -0.143. The highest BCUT2D eigenvalue weighted by Crippen LogP contribution is 2.31. The van der Waals surface area contributed by atoms with Crippen molar-refractivity contribution in [1.82, 2.24) is 102 Å². The lowest BCUT2D eigenvalue weighted by Gasteiger charge is -2.39. The molecular formula is C108H205N25O9S. The summed E-state index contributed by atoms with van der Waals surface area (Å²) in [6.07, 6.45) is 16.6. The van der Waals surface area contributed by atoms with Gasteiger partial charge in [-0.05, 0) is 359 Å². The minimum atomic E-state index is -3.14. The third kappa shape index (κ3) is 84.5.